The predicted octanol–water partition coefficient (Wildman–Crippen LogP) is 4.26. The number of rotatable bonds is 9. The summed E-state index contributed by atoms with van der Waals surface area (Å²) in [6.45, 7) is 5.16. The number of nitrogens with one attached hydrogen (secondary N) is 1. The minimum atomic E-state index is 0. The van der Waals surface area contributed by atoms with E-state index in [9.17, 15) is 0 Å². The Hall–Kier alpha value is -1.18. The fourth-order valence-electron chi connectivity index (χ4n) is 2.23. The molecule has 1 aromatic carbocycles. The highest BCUT2D eigenvalue weighted by Crippen LogP contribution is 2.28. The Bertz CT molecular complexity index is 481. The molecule has 0 saturated carbocycles. The van der Waals surface area contributed by atoms with Crippen LogP contribution in [0.4, 0.5) is 5.69 Å². The van der Waals surface area contributed by atoms with E-state index in [0.717, 1.165) is 24.4 Å². The lowest BCUT2D eigenvalue weighted by Gasteiger charge is -2.14. The molecular weight excluding hydrogens is 405 g/mol. The van der Waals surface area contributed by atoms with Crippen LogP contribution in [-0.4, -0.2) is 26.7 Å². The van der Waals surface area contributed by atoms with Crippen LogP contribution in [-0.2, 0) is 0 Å². The molecule has 0 saturated heterocycles. The predicted molar refractivity (Wildman–Crippen MR) is 108 cm³/mol. The molecule has 6 heteroatoms. The van der Waals surface area contributed by atoms with Crippen LogP contribution in [0.25, 0.3) is 0 Å². The molecule has 0 bridgehead atoms. The Labute approximate surface area is 157 Å². The zero-order valence-electron chi connectivity index (χ0n) is 14.6. The summed E-state index contributed by atoms with van der Waals surface area (Å²) >= 11 is 0. The molecule has 0 fully saturated rings. The van der Waals surface area contributed by atoms with Crippen molar-refractivity contribution in [3.8, 4) is 11.5 Å². The SMILES string of the molecule is CCCCC(CC)CN=C(N)Nc1cc(OC)ccc1OC.I. The van der Waals surface area contributed by atoms with Gasteiger partial charge in [-0.3, -0.25) is 4.99 Å². The highest BCUT2D eigenvalue weighted by Gasteiger charge is 2.08. The van der Waals surface area contributed by atoms with Crippen molar-refractivity contribution in [2.24, 2.45) is 16.6 Å². The molecule has 1 rings (SSSR count). The van der Waals surface area contributed by atoms with Gasteiger partial charge >= 0.3 is 0 Å². The van der Waals surface area contributed by atoms with Crippen LogP contribution in [0, 0.1) is 5.92 Å². The smallest absolute Gasteiger partial charge is 0.193 e. The monoisotopic (exact) mass is 435 g/mol. The van der Waals surface area contributed by atoms with E-state index >= 15 is 0 Å². The maximum absolute atomic E-state index is 6.00. The third kappa shape index (κ3) is 7.76. The summed E-state index contributed by atoms with van der Waals surface area (Å²) in [5.41, 5.74) is 6.75. The van der Waals surface area contributed by atoms with E-state index in [1.165, 1.54) is 19.3 Å². The lowest BCUT2D eigenvalue weighted by Crippen LogP contribution is -2.24. The standard InChI is InChI=1S/C17H29N3O2.HI/c1-5-7-8-13(6-2)12-19-17(18)20-15-11-14(21-3)9-10-16(15)22-4;/h9-11,13H,5-8,12H2,1-4H3,(H3,18,19,20);1H. The van der Waals surface area contributed by atoms with Crippen LogP contribution in [0.1, 0.15) is 39.5 Å². The van der Waals surface area contributed by atoms with Gasteiger partial charge in [0.15, 0.2) is 5.96 Å². The number of nitrogens with zero attached hydrogens (tertiary/aromatic N) is 1. The fourth-order valence-corrected chi connectivity index (χ4v) is 2.23. The Morgan fingerprint density at radius 3 is 2.57 bits per heavy atom. The third-order valence-electron chi connectivity index (χ3n) is 3.73. The number of benzene rings is 1. The number of aliphatic imine (C=N–C) groups is 1. The quantitative estimate of drug-likeness (QED) is 0.346. The van der Waals surface area contributed by atoms with Gasteiger partial charge in [0.1, 0.15) is 11.5 Å². The minimum Gasteiger partial charge on any atom is -0.497 e. The first-order valence-corrected chi connectivity index (χ1v) is 7.93. The van der Waals surface area contributed by atoms with Crippen molar-refractivity contribution in [2.45, 2.75) is 39.5 Å². The molecule has 5 nitrogen and oxygen atoms in total. The van der Waals surface area contributed by atoms with Gasteiger partial charge in [-0.2, -0.15) is 0 Å². The van der Waals surface area contributed by atoms with Gasteiger partial charge in [-0.15, -0.1) is 24.0 Å². The van der Waals surface area contributed by atoms with Crippen LogP contribution in [0.3, 0.4) is 0 Å². The Balaban J connectivity index is 0.00000484. The molecule has 132 valence electrons. The number of ether oxygens (including phenoxy) is 2. The van der Waals surface area contributed by atoms with E-state index in [4.69, 9.17) is 15.2 Å². The van der Waals surface area contributed by atoms with Gasteiger partial charge < -0.3 is 20.5 Å². The van der Waals surface area contributed by atoms with Gasteiger partial charge in [-0.1, -0.05) is 33.1 Å². The first-order chi connectivity index (χ1) is 10.6. The lowest BCUT2D eigenvalue weighted by molar-refractivity contribution is 0.405. The van der Waals surface area contributed by atoms with E-state index in [2.05, 4.69) is 24.2 Å². The van der Waals surface area contributed by atoms with Gasteiger partial charge in [-0.05, 0) is 24.5 Å². The molecular formula is C17H30IN3O2. The molecule has 0 amide bonds. The minimum absolute atomic E-state index is 0. The molecule has 0 aliphatic carbocycles. The maximum Gasteiger partial charge on any atom is 0.193 e. The van der Waals surface area contributed by atoms with Gasteiger partial charge in [0.05, 0.1) is 19.9 Å². The largest absolute Gasteiger partial charge is 0.497 e. The molecule has 0 heterocycles. The summed E-state index contributed by atoms with van der Waals surface area (Å²) < 4.78 is 10.5. The molecule has 0 aliphatic rings. The molecule has 0 radical (unpaired) electrons. The second-order valence-electron chi connectivity index (χ2n) is 5.33. The first kappa shape index (κ1) is 21.8. The molecule has 0 aromatic heterocycles. The van der Waals surface area contributed by atoms with E-state index < -0.39 is 0 Å². The van der Waals surface area contributed by atoms with Gasteiger partial charge in [0.2, 0.25) is 0 Å². The second-order valence-corrected chi connectivity index (χ2v) is 5.33. The van der Waals surface area contributed by atoms with Crippen LogP contribution in [0.2, 0.25) is 0 Å². The normalized spacial score (nSPS) is 12.3. The molecule has 0 spiro atoms. The molecule has 1 aromatic rings. The van der Waals surface area contributed by atoms with Gasteiger partial charge in [-0.25, -0.2) is 0 Å². The van der Waals surface area contributed by atoms with Crippen molar-refractivity contribution in [2.75, 3.05) is 26.1 Å². The summed E-state index contributed by atoms with van der Waals surface area (Å²) in [6.07, 6.45) is 4.78. The van der Waals surface area contributed by atoms with Crippen LogP contribution >= 0.6 is 24.0 Å². The van der Waals surface area contributed by atoms with E-state index in [1.54, 1.807) is 14.2 Å². The number of hydrogen-bond donors (Lipinski definition) is 2. The van der Waals surface area contributed by atoms with Crippen molar-refractivity contribution < 1.29 is 9.47 Å². The molecule has 3 N–H and O–H groups in total. The van der Waals surface area contributed by atoms with Crippen molar-refractivity contribution in [1.82, 2.24) is 0 Å². The highest BCUT2D eigenvalue weighted by atomic mass is 127. The highest BCUT2D eigenvalue weighted by molar-refractivity contribution is 14.0. The van der Waals surface area contributed by atoms with Crippen molar-refractivity contribution in [3.05, 3.63) is 18.2 Å². The average molecular weight is 435 g/mol. The maximum atomic E-state index is 6.00. The number of hydrogen-bond acceptors (Lipinski definition) is 3. The Morgan fingerprint density at radius 2 is 2.00 bits per heavy atom. The van der Waals surface area contributed by atoms with E-state index in [0.29, 0.717) is 17.6 Å². The summed E-state index contributed by atoms with van der Waals surface area (Å²) in [7, 11) is 3.25. The fraction of sp³-hybridized carbons (Fsp3) is 0.588. The molecule has 23 heavy (non-hydrogen) atoms. The summed E-state index contributed by atoms with van der Waals surface area (Å²) in [6, 6.07) is 5.52. The topological polar surface area (TPSA) is 68.9 Å². The molecule has 0 aliphatic heterocycles. The van der Waals surface area contributed by atoms with Gasteiger partial charge in [0.25, 0.3) is 0 Å². The van der Waals surface area contributed by atoms with E-state index in [1.807, 2.05) is 18.2 Å². The summed E-state index contributed by atoms with van der Waals surface area (Å²) in [4.78, 5) is 4.46. The van der Waals surface area contributed by atoms with Crippen molar-refractivity contribution >= 4 is 35.6 Å². The first-order valence-electron chi connectivity index (χ1n) is 7.93. The Morgan fingerprint density at radius 1 is 1.26 bits per heavy atom. The molecule has 1 unspecified atom stereocenters. The van der Waals surface area contributed by atoms with E-state index in [-0.39, 0.29) is 24.0 Å². The molecule has 1 atom stereocenters. The van der Waals surface area contributed by atoms with Crippen LogP contribution in [0.5, 0.6) is 11.5 Å². The third-order valence-corrected chi connectivity index (χ3v) is 3.73. The van der Waals surface area contributed by atoms with Crippen molar-refractivity contribution in [3.63, 3.8) is 0 Å². The number of methoxy groups -OCH3 is 2. The second kappa shape index (κ2) is 12.3. The lowest BCUT2D eigenvalue weighted by atomic mass is 10.00. The number of nitrogens with two attached hydrogens (primary N) is 1. The summed E-state index contributed by atoms with van der Waals surface area (Å²) in [5, 5.41) is 3.09. The van der Waals surface area contributed by atoms with Gasteiger partial charge in [0, 0.05) is 12.6 Å². The number of anilines is 1. The van der Waals surface area contributed by atoms with Crippen LogP contribution in [0.15, 0.2) is 23.2 Å². The van der Waals surface area contributed by atoms with Crippen molar-refractivity contribution in [1.29, 1.82) is 0 Å². The van der Waals surface area contributed by atoms with Crippen LogP contribution < -0.4 is 20.5 Å². The number of unbranched alkanes of at least 4 members (excludes halogenated alkanes) is 1. The zero-order valence-corrected chi connectivity index (χ0v) is 16.9. The summed E-state index contributed by atoms with van der Waals surface area (Å²) in [5.74, 6) is 2.44. The number of halogens is 1. The Kier molecular flexibility index (Phi) is 11.6. The average Bonchev–Trinajstić information content (AvgIpc) is 2.54. The zero-order chi connectivity index (χ0) is 16.4. The number of guanidine groups is 1.